The lowest BCUT2D eigenvalue weighted by Gasteiger charge is -2.21. The van der Waals surface area contributed by atoms with E-state index < -0.39 is 17.9 Å². The minimum absolute atomic E-state index is 0.107. The molecule has 0 aliphatic carbocycles. The molecule has 2 aromatic rings. The Morgan fingerprint density at radius 1 is 1.19 bits per heavy atom. The van der Waals surface area contributed by atoms with E-state index in [1.165, 1.54) is 6.07 Å². The van der Waals surface area contributed by atoms with Gasteiger partial charge in [-0.05, 0) is 59.1 Å². The largest absolute Gasteiger partial charge is 0.573 e. The third-order valence-electron chi connectivity index (χ3n) is 3.60. The number of nitrogens with two attached hydrogens (primary N) is 1. The minimum Gasteiger partial charge on any atom is -0.406 e. The summed E-state index contributed by atoms with van der Waals surface area (Å²) >= 11 is 3.40. The summed E-state index contributed by atoms with van der Waals surface area (Å²) in [6.45, 7) is 3.42. The average Bonchev–Trinajstić information content (AvgIpc) is 2.50. The van der Waals surface area contributed by atoms with E-state index in [0.29, 0.717) is 33.0 Å². The fraction of sp³-hybridized carbons (Fsp3) is 0.222. The minimum atomic E-state index is -4.89. The Morgan fingerprint density at radius 3 is 2.38 bits per heavy atom. The molecule has 0 saturated carbocycles. The van der Waals surface area contributed by atoms with Crippen LogP contribution in [0, 0.1) is 24.7 Å². The van der Waals surface area contributed by atoms with Gasteiger partial charge in [-0.3, -0.25) is 0 Å². The topological polar surface area (TPSA) is 38.5 Å². The second-order valence-electron chi connectivity index (χ2n) is 5.41. The number of alkyl halides is 3. The second-order valence-corrected chi connectivity index (χ2v) is 6.20. The van der Waals surface area contributed by atoms with Crippen molar-refractivity contribution in [2.45, 2.75) is 20.2 Å². The van der Waals surface area contributed by atoms with E-state index in [-0.39, 0.29) is 5.56 Å². The lowest BCUT2D eigenvalue weighted by Crippen LogP contribution is -2.17. The van der Waals surface area contributed by atoms with Crippen LogP contribution >= 0.6 is 15.9 Å². The van der Waals surface area contributed by atoms with E-state index in [0.717, 1.165) is 6.07 Å². The van der Waals surface area contributed by atoms with Gasteiger partial charge in [0.15, 0.2) is 0 Å². The summed E-state index contributed by atoms with van der Waals surface area (Å²) in [5.74, 6) is 1.27. The summed E-state index contributed by atoms with van der Waals surface area (Å²) in [7, 11) is 1.73. The van der Waals surface area contributed by atoms with E-state index >= 15 is 0 Å². The average molecular weight is 431 g/mol. The Morgan fingerprint density at radius 2 is 1.85 bits per heavy atom. The van der Waals surface area contributed by atoms with Crippen LogP contribution in [0.2, 0.25) is 0 Å². The van der Waals surface area contributed by atoms with Crippen molar-refractivity contribution in [1.29, 1.82) is 0 Å². The number of rotatable bonds is 3. The van der Waals surface area contributed by atoms with Crippen molar-refractivity contribution in [1.82, 2.24) is 0 Å². The summed E-state index contributed by atoms with van der Waals surface area (Å²) < 4.78 is 55.7. The molecule has 0 amide bonds. The second kappa shape index (κ2) is 7.46. The summed E-state index contributed by atoms with van der Waals surface area (Å²) in [5, 5.41) is 0. The quantitative estimate of drug-likeness (QED) is 0.304. The van der Waals surface area contributed by atoms with Crippen molar-refractivity contribution in [3.8, 4) is 28.8 Å². The predicted octanol–water partition coefficient (Wildman–Crippen LogP) is 5.46. The number of anilines is 2. The Labute approximate surface area is 156 Å². The number of hydrogen-bond donors (Lipinski definition) is 1. The van der Waals surface area contributed by atoms with Gasteiger partial charge in [-0.25, -0.2) is 4.39 Å². The molecule has 138 valence electrons. The molecule has 0 heterocycles. The number of halogens is 5. The molecule has 0 atom stereocenters. The SMILES string of the molecule is CC#CN(C)c1c(C)c(-c2ccc(OC(F)(F)F)cc2F)cc(N)c1Br. The van der Waals surface area contributed by atoms with Gasteiger partial charge in [0.1, 0.15) is 11.6 Å². The smallest absolute Gasteiger partial charge is 0.406 e. The van der Waals surface area contributed by atoms with Crippen LogP contribution in [0.25, 0.3) is 11.1 Å². The van der Waals surface area contributed by atoms with Gasteiger partial charge in [0.2, 0.25) is 0 Å². The first kappa shape index (κ1) is 19.9. The highest BCUT2D eigenvalue weighted by Crippen LogP contribution is 2.41. The van der Waals surface area contributed by atoms with Crippen molar-refractivity contribution in [3.63, 3.8) is 0 Å². The van der Waals surface area contributed by atoms with Crippen LogP contribution < -0.4 is 15.4 Å². The molecule has 0 saturated heterocycles. The summed E-state index contributed by atoms with van der Waals surface area (Å²) in [4.78, 5) is 1.64. The van der Waals surface area contributed by atoms with Gasteiger partial charge in [0.05, 0.1) is 10.2 Å². The van der Waals surface area contributed by atoms with Gasteiger partial charge in [-0.15, -0.1) is 13.2 Å². The molecule has 2 aromatic carbocycles. The molecule has 0 aliphatic heterocycles. The number of hydrogen-bond acceptors (Lipinski definition) is 3. The molecule has 8 heteroatoms. The molecule has 2 rings (SSSR count). The highest BCUT2D eigenvalue weighted by molar-refractivity contribution is 9.10. The fourth-order valence-electron chi connectivity index (χ4n) is 2.57. The van der Waals surface area contributed by atoms with Crippen molar-refractivity contribution >= 4 is 27.3 Å². The summed E-state index contributed by atoms with van der Waals surface area (Å²) in [6.07, 6.45) is -4.89. The monoisotopic (exact) mass is 430 g/mol. The maximum absolute atomic E-state index is 14.5. The fourth-order valence-corrected chi connectivity index (χ4v) is 3.25. The highest BCUT2D eigenvalue weighted by atomic mass is 79.9. The normalized spacial score (nSPS) is 10.9. The van der Waals surface area contributed by atoms with Crippen LogP contribution in [0.4, 0.5) is 28.9 Å². The van der Waals surface area contributed by atoms with E-state index in [1.807, 2.05) is 0 Å². The van der Waals surface area contributed by atoms with Crippen molar-refractivity contribution in [2.75, 3.05) is 17.7 Å². The van der Waals surface area contributed by atoms with Gasteiger partial charge < -0.3 is 15.4 Å². The molecule has 2 N–H and O–H groups in total. The van der Waals surface area contributed by atoms with Crippen LogP contribution in [0.15, 0.2) is 28.7 Å². The van der Waals surface area contributed by atoms with E-state index in [2.05, 4.69) is 32.6 Å². The predicted molar refractivity (Wildman–Crippen MR) is 97.2 cm³/mol. The number of ether oxygens (including phenoxy) is 1. The van der Waals surface area contributed by atoms with Gasteiger partial charge in [0, 0.05) is 30.4 Å². The van der Waals surface area contributed by atoms with E-state index in [4.69, 9.17) is 5.73 Å². The van der Waals surface area contributed by atoms with Crippen molar-refractivity contribution in [3.05, 3.63) is 40.1 Å². The van der Waals surface area contributed by atoms with Crippen LogP contribution in [-0.4, -0.2) is 13.4 Å². The van der Waals surface area contributed by atoms with Crippen molar-refractivity contribution < 1.29 is 22.3 Å². The zero-order chi connectivity index (χ0) is 19.6. The van der Waals surface area contributed by atoms with Crippen molar-refractivity contribution in [2.24, 2.45) is 0 Å². The van der Waals surface area contributed by atoms with Gasteiger partial charge in [-0.2, -0.15) is 0 Å². The molecule has 0 aromatic heterocycles. The first-order chi connectivity index (χ1) is 12.0. The first-order valence-corrected chi connectivity index (χ1v) is 8.14. The number of benzene rings is 2. The summed E-state index contributed by atoms with van der Waals surface area (Å²) in [6, 6.07) is 7.38. The summed E-state index contributed by atoms with van der Waals surface area (Å²) in [5.41, 5.74) is 8.22. The molecule has 0 aliphatic rings. The van der Waals surface area contributed by atoms with Crippen LogP contribution in [0.3, 0.4) is 0 Å². The molecular weight excluding hydrogens is 416 g/mol. The van der Waals surface area contributed by atoms with Gasteiger partial charge >= 0.3 is 6.36 Å². The van der Waals surface area contributed by atoms with Crippen LogP contribution in [0.5, 0.6) is 5.75 Å². The van der Waals surface area contributed by atoms with Gasteiger partial charge in [-0.1, -0.05) is 5.92 Å². The maximum Gasteiger partial charge on any atom is 0.573 e. The molecule has 0 spiro atoms. The highest BCUT2D eigenvalue weighted by Gasteiger charge is 2.31. The van der Waals surface area contributed by atoms with Crippen LogP contribution in [0.1, 0.15) is 12.5 Å². The third-order valence-corrected chi connectivity index (χ3v) is 4.43. The number of nitrogen functional groups attached to an aromatic ring is 1. The molecule has 0 unspecified atom stereocenters. The molecule has 26 heavy (non-hydrogen) atoms. The molecule has 3 nitrogen and oxygen atoms in total. The Kier molecular flexibility index (Phi) is 5.71. The number of nitrogens with zero attached hydrogens (tertiary/aromatic N) is 1. The lowest BCUT2D eigenvalue weighted by atomic mass is 9.97. The van der Waals surface area contributed by atoms with Gasteiger partial charge in [0.25, 0.3) is 0 Å². The standard InChI is InChI=1S/C18H15BrF4N2O/c1-4-7-25(3)17-10(2)13(9-15(24)16(17)19)12-6-5-11(8-14(12)20)26-18(21,22)23/h5-6,8-9H,24H2,1-3H3. The van der Waals surface area contributed by atoms with E-state index in [1.54, 1.807) is 31.9 Å². The molecule has 0 fully saturated rings. The molecule has 0 radical (unpaired) electrons. The zero-order valence-electron chi connectivity index (χ0n) is 14.1. The van der Waals surface area contributed by atoms with E-state index in [9.17, 15) is 17.6 Å². The Balaban J connectivity index is 2.60. The maximum atomic E-state index is 14.5. The van der Waals surface area contributed by atoms with Crippen LogP contribution in [-0.2, 0) is 0 Å². The zero-order valence-corrected chi connectivity index (χ0v) is 15.7. The molecular formula is C18H15BrF4N2O. The Hall–Kier alpha value is -2.40. The third kappa shape index (κ3) is 4.22. The Bertz CT molecular complexity index is 901. The molecule has 0 bridgehead atoms. The first-order valence-electron chi connectivity index (χ1n) is 7.35. The lowest BCUT2D eigenvalue weighted by molar-refractivity contribution is -0.274.